The number of halogens is 2. The molecule has 0 radical (unpaired) electrons. The van der Waals surface area contributed by atoms with Crippen molar-refractivity contribution >= 4 is 10.9 Å². The van der Waals surface area contributed by atoms with Gasteiger partial charge in [0, 0.05) is 22.6 Å². The Bertz CT molecular complexity index is 1570. The van der Waals surface area contributed by atoms with Crippen molar-refractivity contribution in [3.05, 3.63) is 114 Å². The zero-order valence-corrected chi connectivity index (χ0v) is 21.3. The fourth-order valence-corrected chi connectivity index (χ4v) is 5.93. The maximum Gasteiger partial charge on any atom is 0.130 e. The average Bonchev–Trinajstić information content (AvgIpc) is 3.38. The molecule has 6 heteroatoms. The first-order chi connectivity index (χ1) is 18.6. The van der Waals surface area contributed by atoms with Gasteiger partial charge in [-0.15, -0.1) is 0 Å². The molecule has 0 N–H and O–H groups in total. The van der Waals surface area contributed by atoms with Crippen LogP contribution in [0.15, 0.2) is 91.1 Å². The van der Waals surface area contributed by atoms with Gasteiger partial charge in [0.15, 0.2) is 0 Å². The smallest absolute Gasteiger partial charge is 0.130 e. The zero-order valence-electron chi connectivity index (χ0n) is 21.3. The Morgan fingerprint density at radius 2 is 1.82 bits per heavy atom. The number of aryl methyl sites for hydroxylation is 1. The van der Waals surface area contributed by atoms with Crippen LogP contribution < -0.4 is 4.74 Å². The lowest BCUT2D eigenvalue weighted by atomic mass is 9.55. The predicted molar refractivity (Wildman–Crippen MR) is 145 cm³/mol. The van der Waals surface area contributed by atoms with Crippen molar-refractivity contribution in [2.24, 2.45) is 5.92 Å². The van der Waals surface area contributed by atoms with E-state index in [-0.39, 0.29) is 17.8 Å². The first kappa shape index (κ1) is 24.3. The number of aromatic nitrogens is 3. The first-order valence-corrected chi connectivity index (χ1v) is 13.0. The Morgan fingerprint density at radius 3 is 2.61 bits per heavy atom. The molecule has 0 aliphatic heterocycles. The van der Waals surface area contributed by atoms with E-state index in [1.165, 1.54) is 23.3 Å². The van der Waals surface area contributed by atoms with Crippen LogP contribution in [-0.4, -0.2) is 21.4 Å². The molecule has 0 spiro atoms. The summed E-state index contributed by atoms with van der Waals surface area (Å²) in [5.74, 6) is 1.06. The van der Waals surface area contributed by atoms with E-state index in [9.17, 15) is 8.78 Å². The van der Waals surface area contributed by atoms with Crippen molar-refractivity contribution < 1.29 is 13.5 Å². The highest BCUT2D eigenvalue weighted by molar-refractivity contribution is 5.78. The minimum absolute atomic E-state index is 0.161. The highest BCUT2D eigenvalue weighted by atomic mass is 19.1. The Hall–Kier alpha value is -4.06. The summed E-state index contributed by atoms with van der Waals surface area (Å²) in [6.45, 7) is 2.32. The summed E-state index contributed by atoms with van der Waals surface area (Å²) >= 11 is 0. The molecule has 38 heavy (non-hydrogen) atoms. The molecule has 0 amide bonds. The maximum atomic E-state index is 13.5. The molecule has 1 fully saturated rings. The van der Waals surface area contributed by atoms with Crippen molar-refractivity contribution in [3.8, 4) is 17.0 Å². The Balaban J connectivity index is 1.39. The van der Waals surface area contributed by atoms with Gasteiger partial charge in [-0.3, -0.25) is 4.68 Å². The summed E-state index contributed by atoms with van der Waals surface area (Å²) in [5.41, 5.74) is 5.73. The van der Waals surface area contributed by atoms with Crippen LogP contribution >= 0.6 is 0 Å². The summed E-state index contributed by atoms with van der Waals surface area (Å²) in [4.78, 5) is 4.64. The highest BCUT2D eigenvalue weighted by Crippen LogP contribution is 2.55. The van der Waals surface area contributed by atoms with Gasteiger partial charge in [-0.25, -0.2) is 13.8 Å². The molecule has 5 aromatic rings. The van der Waals surface area contributed by atoms with E-state index in [4.69, 9.17) is 4.74 Å². The second-order valence-corrected chi connectivity index (χ2v) is 10.2. The molecule has 1 aliphatic rings. The van der Waals surface area contributed by atoms with Crippen molar-refractivity contribution in [2.45, 2.75) is 38.3 Å². The molecule has 2 aromatic heterocycles. The molecular weight excluding hydrogens is 480 g/mol. The molecule has 3 aromatic carbocycles. The monoisotopic (exact) mass is 509 g/mol. The number of rotatable bonds is 8. The van der Waals surface area contributed by atoms with Gasteiger partial charge in [0.25, 0.3) is 0 Å². The number of ether oxygens (including phenoxy) is 1. The molecule has 192 valence electrons. The van der Waals surface area contributed by atoms with Gasteiger partial charge in [0.2, 0.25) is 0 Å². The van der Waals surface area contributed by atoms with Gasteiger partial charge in [-0.05, 0) is 78.4 Å². The van der Waals surface area contributed by atoms with Gasteiger partial charge in [0.1, 0.15) is 24.8 Å². The number of benzene rings is 3. The van der Waals surface area contributed by atoms with Crippen LogP contribution in [0.4, 0.5) is 8.78 Å². The first-order valence-electron chi connectivity index (χ1n) is 13.0. The van der Waals surface area contributed by atoms with E-state index in [2.05, 4.69) is 53.4 Å². The quantitative estimate of drug-likeness (QED) is 0.217. The van der Waals surface area contributed by atoms with E-state index in [0.717, 1.165) is 46.4 Å². The minimum atomic E-state index is -0.475. The molecule has 0 saturated heterocycles. The topological polar surface area (TPSA) is 39.9 Å². The van der Waals surface area contributed by atoms with Crippen molar-refractivity contribution in [3.63, 3.8) is 0 Å². The van der Waals surface area contributed by atoms with E-state index in [1.807, 2.05) is 30.3 Å². The second-order valence-electron chi connectivity index (χ2n) is 10.2. The standard InChI is InChI=1S/C32H29F2N3O/c1-22-19-32(20-22,24-5-3-2-4-6-24)29-18-27(10-11-28(29)31-13-15-35-37(31)16-14-33)38-21-26-9-7-23-17-25(34)8-12-30(23)36-26/h2-13,15,17-18,22H,14,16,19-21H2,1H3. The number of nitrogens with zero attached hydrogens (tertiary/aromatic N) is 3. The van der Waals surface area contributed by atoms with Gasteiger partial charge < -0.3 is 4.74 Å². The van der Waals surface area contributed by atoms with Crippen LogP contribution in [0.25, 0.3) is 22.2 Å². The zero-order chi connectivity index (χ0) is 26.1. The summed E-state index contributed by atoms with van der Waals surface area (Å²) in [6, 6.07) is 27.1. The maximum absolute atomic E-state index is 13.5. The van der Waals surface area contributed by atoms with Crippen LogP contribution in [0.1, 0.15) is 36.6 Å². The van der Waals surface area contributed by atoms with Gasteiger partial charge >= 0.3 is 0 Å². The van der Waals surface area contributed by atoms with Crippen LogP contribution in [-0.2, 0) is 18.6 Å². The lowest BCUT2D eigenvalue weighted by Crippen LogP contribution is -2.41. The summed E-state index contributed by atoms with van der Waals surface area (Å²) in [7, 11) is 0. The predicted octanol–water partition coefficient (Wildman–Crippen LogP) is 7.50. The van der Waals surface area contributed by atoms with Crippen molar-refractivity contribution in [1.82, 2.24) is 14.8 Å². The molecule has 2 heterocycles. The van der Waals surface area contributed by atoms with E-state index in [1.54, 1.807) is 16.9 Å². The van der Waals surface area contributed by atoms with Gasteiger partial charge in [0.05, 0.1) is 23.4 Å². The molecule has 4 nitrogen and oxygen atoms in total. The van der Waals surface area contributed by atoms with Crippen LogP contribution in [0.2, 0.25) is 0 Å². The molecule has 1 saturated carbocycles. The highest BCUT2D eigenvalue weighted by Gasteiger charge is 2.46. The fourth-order valence-electron chi connectivity index (χ4n) is 5.93. The Labute approximate surface area is 220 Å². The van der Waals surface area contributed by atoms with Crippen molar-refractivity contribution in [2.75, 3.05) is 6.67 Å². The molecular formula is C32H29F2N3O. The van der Waals surface area contributed by atoms with E-state index in [0.29, 0.717) is 12.5 Å². The normalized spacial score (nSPS) is 18.9. The molecule has 0 unspecified atom stereocenters. The Kier molecular flexibility index (Phi) is 6.40. The lowest BCUT2D eigenvalue weighted by molar-refractivity contribution is 0.200. The van der Waals surface area contributed by atoms with Gasteiger partial charge in [-0.2, -0.15) is 5.10 Å². The molecule has 1 aliphatic carbocycles. The average molecular weight is 510 g/mol. The third-order valence-corrected chi connectivity index (χ3v) is 7.61. The number of hydrogen-bond donors (Lipinski definition) is 0. The molecule has 0 bridgehead atoms. The summed E-state index contributed by atoms with van der Waals surface area (Å²) in [5, 5.41) is 5.14. The fraction of sp³-hybridized carbons (Fsp3) is 0.250. The minimum Gasteiger partial charge on any atom is -0.487 e. The number of hydrogen-bond acceptors (Lipinski definition) is 3. The van der Waals surface area contributed by atoms with Gasteiger partial charge in [-0.1, -0.05) is 43.3 Å². The van der Waals surface area contributed by atoms with Crippen LogP contribution in [0.5, 0.6) is 5.75 Å². The molecule has 0 atom stereocenters. The van der Waals surface area contributed by atoms with E-state index >= 15 is 0 Å². The van der Waals surface area contributed by atoms with E-state index < -0.39 is 6.67 Å². The number of pyridine rings is 1. The largest absolute Gasteiger partial charge is 0.487 e. The summed E-state index contributed by atoms with van der Waals surface area (Å²) < 4.78 is 34.9. The van der Waals surface area contributed by atoms with Crippen molar-refractivity contribution in [1.29, 1.82) is 0 Å². The van der Waals surface area contributed by atoms with Crippen LogP contribution in [0.3, 0.4) is 0 Å². The second kappa shape index (κ2) is 10.0. The summed E-state index contributed by atoms with van der Waals surface area (Å²) in [6.07, 6.45) is 3.77. The van der Waals surface area contributed by atoms with Crippen LogP contribution in [0, 0.1) is 11.7 Å². The lowest BCUT2D eigenvalue weighted by Gasteiger charge is -2.48. The Morgan fingerprint density at radius 1 is 0.974 bits per heavy atom. The number of fused-ring (bicyclic) bond motifs is 1. The third kappa shape index (κ3) is 4.44. The number of alkyl halides is 1. The molecule has 6 rings (SSSR count). The SMILES string of the molecule is CC1CC(c2ccccc2)(c2cc(OCc3ccc4cc(F)ccc4n3)ccc2-c2ccnn2CCF)C1. The third-order valence-electron chi connectivity index (χ3n) is 7.61.